The van der Waals surface area contributed by atoms with Crippen LogP contribution in [-0.4, -0.2) is 9.55 Å². The summed E-state index contributed by atoms with van der Waals surface area (Å²) >= 11 is 12.3. The topological polar surface area (TPSA) is 43.8 Å². The van der Waals surface area contributed by atoms with Crippen molar-refractivity contribution in [2.75, 3.05) is 0 Å². The molecule has 2 aromatic rings. The van der Waals surface area contributed by atoms with Gasteiger partial charge < -0.3 is 10.3 Å². The first kappa shape index (κ1) is 12.4. The molecule has 2 N–H and O–H groups in total. The van der Waals surface area contributed by atoms with Gasteiger partial charge in [-0.05, 0) is 19.1 Å². The number of hydrogen-bond acceptors (Lipinski definition) is 2. The van der Waals surface area contributed by atoms with Crippen LogP contribution in [0.2, 0.25) is 10.0 Å². The van der Waals surface area contributed by atoms with Gasteiger partial charge in [-0.25, -0.2) is 4.98 Å². The highest BCUT2D eigenvalue weighted by Gasteiger charge is 2.19. The minimum Gasteiger partial charge on any atom is -0.334 e. The molecule has 1 aromatic heterocycles. The van der Waals surface area contributed by atoms with E-state index in [1.54, 1.807) is 24.4 Å². The van der Waals surface area contributed by atoms with Crippen LogP contribution in [0.15, 0.2) is 24.4 Å². The molecule has 0 radical (unpaired) electrons. The maximum absolute atomic E-state index is 6.20. The highest BCUT2D eigenvalue weighted by Crippen LogP contribution is 2.32. The number of halogens is 2. The number of hydrogen-bond donors (Lipinski definition) is 1. The third-order valence-corrected chi connectivity index (χ3v) is 3.54. The second kappa shape index (κ2) is 4.69. The van der Waals surface area contributed by atoms with Gasteiger partial charge >= 0.3 is 0 Å². The Balaban J connectivity index is 2.51. The minimum absolute atomic E-state index is 0.373. The van der Waals surface area contributed by atoms with Crippen molar-refractivity contribution in [1.82, 2.24) is 9.55 Å². The Labute approximate surface area is 110 Å². The van der Waals surface area contributed by atoms with Crippen molar-refractivity contribution in [3.63, 3.8) is 0 Å². The average Bonchev–Trinajstić information content (AvgIpc) is 2.59. The number of nitrogens with two attached hydrogens (primary N) is 1. The lowest BCUT2D eigenvalue weighted by Crippen LogP contribution is -2.16. The van der Waals surface area contributed by atoms with Crippen LogP contribution in [0.3, 0.4) is 0 Å². The summed E-state index contributed by atoms with van der Waals surface area (Å²) in [7, 11) is 1.92. The number of rotatable bonds is 2. The quantitative estimate of drug-likeness (QED) is 0.911. The Kier molecular flexibility index (Phi) is 3.43. The molecule has 2 rings (SSSR count). The van der Waals surface area contributed by atoms with Gasteiger partial charge in [0.15, 0.2) is 0 Å². The number of aromatic nitrogens is 2. The van der Waals surface area contributed by atoms with Crippen LogP contribution >= 0.6 is 23.2 Å². The van der Waals surface area contributed by atoms with E-state index in [0.29, 0.717) is 10.0 Å². The van der Waals surface area contributed by atoms with Crippen LogP contribution < -0.4 is 5.73 Å². The predicted octanol–water partition coefficient (Wildman–Crippen LogP) is 3.08. The Morgan fingerprint density at radius 2 is 1.88 bits per heavy atom. The van der Waals surface area contributed by atoms with E-state index in [1.807, 2.05) is 18.5 Å². The largest absolute Gasteiger partial charge is 0.334 e. The van der Waals surface area contributed by atoms with Crippen molar-refractivity contribution < 1.29 is 0 Å². The van der Waals surface area contributed by atoms with Crippen LogP contribution in [0.4, 0.5) is 0 Å². The lowest BCUT2D eigenvalue weighted by Gasteiger charge is -2.16. The Morgan fingerprint density at radius 1 is 1.29 bits per heavy atom. The zero-order chi connectivity index (χ0) is 12.6. The molecule has 90 valence electrons. The van der Waals surface area contributed by atoms with E-state index >= 15 is 0 Å². The Morgan fingerprint density at radius 3 is 2.35 bits per heavy atom. The van der Waals surface area contributed by atoms with E-state index in [9.17, 15) is 0 Å². The second-order valence-electron chi connectivity index (χ2n) is 3.90. The molecule has 0 aliphatic heterocycles. The maximum Gasteiger partial charge on any atom is 0.105 e. The van der Waals surface area contributed by atoms with Crippen molar-refractivity contribution in [3.05, 3.63) is 51.5 Å². The highest BCUT2D eigenvalue weighted by atomic mass is 35.5. The Bertz CT molecular complexity index is 528. The first-order valence-corrected chi connectivity index (χ1v) is 5.95. The molecule has 0 bridgehead atoms. The normalized spacial score (nSPS) is 12.8. The summed E-state index contributed by atoms with van der Waals surface area (Å²) in [5.41, 5.74) is 7.82. The molecule has 0 saturated heterocycles. The summed E-state index contributed by atoms with van der Waals surface area (Å²) in [6.07, 6.45) is 1.75. The molecule has 0 aliphatic carbocycles. The minimum atomic E-state index is -0.373. The molecule has 1 aromatic carbocycles. The van der Waals surface area contributed by atoms with Gasteiger partial charge in [-0.1, -0.05) is 29.3 Å². The van der Waals surface area contributed by atoms with E-state index in [2.05, 4.69) is 4.98 Å². The molecule has 3 nitrogen and oxygen atoms in total. The van der Waals surface area contributed by atoms with Gasteiger partial charge in [0.25, 0.3) is 0 Å². The SMILES string of the molecule is Cc1ncc(C(N)c2c(Cl)cccc2Cl)n1C. The van der Waals surface area contributed by atoms with Crippen molar-refractivity contribution in [2.45, 2.75) is 13.0 Å². The molecule has 0 aliphatic rings. The average molecular weight is 270 g/mol. The molecule has 17 heavy (non-hydrogen) atoms. The lowest BCUT2D eigenvalue weighted by molar-refractivity contribution is 0.729. The van der Waals surface area contributed by atoms with E-state index in [-0.39, 0.29) is 6.04 Å². The van der Waals surface area contributed by atoms with E-state index in [0.717, 1.165) is 17.1 Å². The van der Waals surface area contributed by atoms with Gasteiger partial charge in [0.2, 0.25) is 0 Å². The van der Waals surface area contributed by atoms with Crippen molar-refractivity contribution in [2.24, 2.45) is 12.8 Å². The molecule has 1 heterocycles. The number of aryl methyl sites for hydroxylation is 1. The smallest absolute Gasteiger partial charge is 0.105 e. The molecule has 5 heteroatoms. The van der Waals surface area contributed by atoms with Crippen molar-refractivity contribution >= 4 is 23.2 Å². The first-order valence-electron chi connectivity index (χ1n) is 5.20. The molecule has 0 amide bonds. The number of imidazole rings is 1. The summed E-state index contributed by atoms with van der Waals surface area (Å²) < 4.78 is 1.93. The molecule has 0 fully saturated rings. The van der Waals surface area contributed by atoms with Crippen LogP contribution in [0.5, 0.6) is 0 Å². The van der Waals surface area contributed by atoms with Crippen LogP contribution in [0.25, 0.3) is 0 Å². The fourth-order valence-electron chi connectivity index (χ4n) is 1.76. The summed E-state index contributed by atoms with van der Waals surface area (Å²) in [6.45, 7) is 1.92. The van der Waals surface area contributed by atoms with Crippen LogP contribution in [0.1, 0.15) is 23.1 Å². The first-order chi connectivity index (χ1) is 8.02. The monoisotopic (exact) mass is 269 g/mol. The molecule has 1 atom stereocenters. The molecular formula is C12H13Cl2N3. The van der Waals surface area contributed by atoms with Crippen molar-refractivity contribution in [1.29, 1.82) is 0 Å². The number of benzene rings is 1. The van der Waals surface area contributed by atoms with Gasteiger partial charge in [-0.3, -0.25) is 0 Å². The van der Waals surface area contributed by atoms with E-state index < -0.39 is 0 Å². The Hall–Kier alpha value is -1.03. The zero-order valence-corrected chi connectivity index (χ0v) is 11.1. The van der Waals surface area contributed by atoms with Gasteiger partial charge in [-0.15, -0.1) is 0 Å². The van der Waals surface area contributed by atoms with Crippen LogP contribution in [0, 0.1) is 6.92 Å². The standard InChI is InChI=1S/C12H13Cl2N3/c1-7-16-6-10(17(7)2)12(15)11-8(13)4-3-5-9(11)14/h3-6,12H,15H2,1-2H3. The summed E-state index contributed by atoms with van der Waals surface area (Å²) in [4.78, 5) is 4.22. The van der Waals surface area contributed by atoms with Gasteiger partial charge in [0.05, 0.1) is 17.9 Å². The van der Waals surface area contributed by atoms with Gasteiger partial charge in [-0.2, -0.15) is 0 Å². The molecular weight excluding hydrogens is 257 g/mol. The third kappa shape index (κ3) is 2.18. The maximum atomic E-state index is 6.20. The van der Waals surface area contributed by atoms with Gasteiger partial charge in [0, 0.05) is 22.7 Å². The highest BCUT2D eigenvalue weighted by molar-refractivity contribution is 6.36. The summed E-state index contributed by atoms with van der Waals surface area (Å²) in [5, 5.41) is 1.15. The summed E-state index contributed by atoms with van der Waals surface area (Å²) in [6, 6.07) is 5.00. The van der Waals surface area contributed by atoms with Crippen molar-refractivity contribution in [3.8, 4) is 0 Å². The molecule has 1 unspecified atom stereocenters. The second-order valence-corrected chi connectivity index (χ2v) is 4.72. The molecule has 0 saturated carbocycles. The predicted molar refractivity (Wildman–Crippen MR) is 70.4 cm³/mol. The van der Waals surface area contributed by atoms with E-state index in [1.165, 1.54) is 0 Å². The third-order valence-electron chi connectivity index (χ3n) is 2.89. The van der Waals surface area contributed by atoms with E-state index in [4.69, 9.17) is 28.9 Å². The molecule has 0 spiro atoms. The zero-order valence-electron chi connectivity index (χ0n) is 9.61. The fraction of sp³-hybridized carbons (Fsp3) is 0.250. The lowest BCUT2D eigenvalue weighted by atomic mass is 10.0. The number of nitrogens with zero attached hydrogens (tertiary/aromatic N) is 2. The van der Waals surface area contributed by atoms with Crippen LogP contribution in [-0.2, 0) is 7.05 Å². The van der Waals surface area contributed by atoms with Gasteiger partial charge in [0.1, 0.15) is 5.82 Å². The fourth-order valence-corrected chi connectivity index (χ4v) is 2.40. The summed E-state index contributed by atoms with van der Waals surface area (Å²) in [5.74, 6) is 0.902.